The molecule has 0 aliphatic carbocycles. The topological polar surface area (TPSA) is 42.9 Å². The maximum Gasteiger partial charge on any atom is 0.212 e. The Kier molecular flexibility index (Phi) is 4.39. The molecule has 1 aromatic heterocycles. The number of hydrogen-bond donors (Lipinski definition) is 0. The summed E-state index contributed by atoms with van der Waals surface area (Å²) < 4.78 is 0.883. The van der Waals surface area contributed by atoms with Crippen LogP contribution in [0.5, 0.6) is 0 Å². The lowest BCUT2D eigenvalue weighted by atomic mass is 10.0. The SMILES string of the molecule is O=C(c1cc(Br)cc(Cc2ccccc2)c1)c1cnccn1. The van der Waals surface area contributed by atoms with Gasteiger partial charge in [-0.2, -0.15) is 0 Å². The summed E-state index contributed by atoms with van der Waals surface area (Å²) in [5, 5.41) is 0. The van der Waals surface area contributed by atoms with Gasteiger partial charge in [0.05, 0.1) is 6.20 Å². The molecule has 0 saturated carbocycles. The van der Waals surface area contributed by atoms with E-state index < -0.39 is 0 Å². The van der Waals surface area contributed by atoms with E-state index in [0.717, 1.165) is 16.5 Å². The number of halogens is 1. The fourth-order valence-electron chi connectivity index (χ4n) is 2.28. The maximum atomic E-state index is 12.5. The van der Waals surface area contributed by atoms with E-state index in [0.29, 0.717) is 11.3 Å². The van der Waals surface area contributed by atoms with E-state index in [1.165, 1.54) is 18.0 Å². The Morgan fingerprint density at radius 1 is 1.00 bits per heavy atom. The van der Waals surface area contributed by atoms with Gasteiger partial charge < -0.3 is 0 Å². The van der Waals surface area contributed by atoms with Crippen LogP contribution in [-0.4, -0.2) is 15.8 Å². The molecule has 2 aromatic carbocycles. The molecular formula is C18H13BrN2O. The molecule has 4 heteroatoms. The number of carbonyl (C=O) groups is 1. The summed E-state index contributed by atoms with van der Waals surface area (Å²) in [6.45, 7) is 0. The monoisotopic (exact) mass is 352 g/mol. The van der Waals surface area contributed by atoms with E-state index in [4.69, 9.17) is 0 Å². The second-order valence-corrected chi connectivity index (χ2v) is 5.85. The summed E-state index contributed by atoms with van der Waals surface area (Å²) in [5.74, 6) is -0.122. The third-order valence-corrected chi connectivity index (χ3v) is 3.72. The highest BCUT2D eigenvalue weighted by Gasteiger charge is 2.12. The minimum Gasteiger partial charge on any atom is -0.287 e. The van der Waals surface area contributed by atoms with Gasteiger partial charge in [0.1, 0.15) is 5.69 Å². The molecule has 0 radical (unpaired) electrons. The molecule has 0 N–H and O–H groups in total. The van der Waals surface area contributed by atoms with E-state index in [9.17, 15) is 4.79 Å². The first kappa shape index (κ1) is 14.6. The first-order valence-corrected chi connectivity index (χ1v) is 7.66. The van der Waals surface area contributed by atoms with Crippen LogP contribution in [-0.2, 0) is 6.42 Å². The van der Waals surface area contributed by atoms with Gasteiger partial charge in [0.15, 0.2) is 0 Å². The zero-order valence-electron chi connectivity index (χ0n) is 11.7. The van der Waals surface area contributed by atoms with Crippen molar-refractivity contribution in [3.63, 3.8) is 0 Å². The van der Waals surface area contributed by atoms with Crippen molar-refractivity contribution >= 4 is 21.7 Å². The van der Waals surface area contributed by atoms with Gasteiger partial charge in [-0.05, 0) is 35.7 Å². The van der Waals surface area contributed by atoms with Crippen LogP contribution in [0.15, 0.2) is 71.6 Å². The lowest BCUT2D eigenvalue weighted by Crippen LogP contribution is -2.05. The number of rotatable bonds is 4. The summed E-state index contributed by atoms with van der Waals surface area (Å²) in [5.41, 5.74) is 3.25. The van der Waals surface area contributed by atoms with E-state index in [-0.39, 0.29) is 5.78 Å². The van der Waals surface area contributed by atoms with Crippen molar-refractivity contribution in [3.8, 4) is 0 Å². The zero-order valence-corrected chi connectivity index (χ0v) is 13.3. The Morgan fingerprint density at radius 2 is 1.82 bits per heavy atom. The highest BCUT2D eigenvalue weighted by molar-refractivity contribution is 9.10. The Labute approximate surface area is 137 Å². The predicted octanol–water partition coefficient (Wildman–Crippen LogP) is 4.06. The van der Waals surface area contributed by atoms with Crippen LogP contribution in [0.2, 0.25) is 0 Å². The van der Waals surface area contributed by atoms with Crippen molar-refractivity contribution in [2.24, 2.45) is 0 Å². The van der Waals surface area contributed by atoms with Crippen molar-refractivity contribution in [3.05, 3.63) is 94.0 Å². The number of carbonyl (C=O) groups excluding carboxylic acids is 1. The average molecular weight is 353 g/mol. The van der Waals surface area contributed by atoms with Gasteiger partial charge in [-0.15, -0.1) is 0 Å². The third-order valence-electron chi connectivity index (χ3n) is 3.27. The Hall–Kier alpha value is -2.33. The smallest absolute Gasteiger partial charge is 0.212 e. The van der Waals surface area contributed by atoms with E-state index in [1.54, 1.807) is 6.20 Å². The van der Waals surface area contributed by atoms with Crippen molar-refractivity contribution in [1.29, 1.82) is 0 Å². The van der Waals surface area contributed by atoms with Crippen LogP contribution in [0.3, 0.4) is 0 Å². The fraction of sp³-hybridized carbons (Fsp3) is 0.0556. The van der Waals surface area contributed by atoms with Crippen molar-refractivity contribution in [2.45, 2.75) is 6.42 Å². The number of ketones is 1. The molecule has 0 atom stereocenters. The summed E-state index contributed by atoms with van der Waals surface area (Å²) in [6.07, 6.45) is 5.34. The zero-order chi connectivity index (χ0) is 15.4. The largest absolute Gasteiger partial charge is 0.287 e. The summed E-state index contributed by atoms with van der Waals surface area (Å²) in [7, 11) is 0. The molecule has 3 nitrogen and oxygen atoms in total. The van der Waals surface area contributed by atoms with Crippen LogP contribution in [0.4, 0.5) is 0 Å². The fourth-order valence-corrected chi connectivity index (χ4v) is 2.82. The Balaban J connectivity index is 1.92. The lowest BCUT2D eigenvalue weighted by molar-refractivity contribution is 0.103. The molecule has 0 spiro atoms. The number of nitrogens with zero attached hydrogens (tertiary/aromatic N) is 2. The van der Waals surface area contributed by atoms with Crippen LogP contribution >= 0.6 is 15.9 Å². The predicted molar refractivity (Wildman–Crippen MR) is 88.9 cm³/mol. The van der Waals surface area contributed by atoms with Crippen LogP contribution in [0.1, 0.15) is 27.2 Å². The number of benzene rings is 2. The standard InChI is InChI=1S/C18H13BrN2O/c19-16-10-14(8-13-4-2-1-3-5-13)9-15(11-16)18(22)17-12-20-6-7-21-17/h1-7,9-12H,8H2. The first-order chi connectivity index (χ1) is 10.7. The van der Waals surface area contributed by atoms with Gasteiger partial charge in [-0.3, -0.25) is 9.78 Å². The molecular weight excluding hydrogens is 340 g/mol. The molecule has 108 valence electrons. The van der Waals surface area contributed by atoms with Gasteiger partial charge in [0.25, 0.3) is 0 Å². The van der Waals surface area contributed by atoms with Gasteiger partial charge >= 0.3 is 0 Å². The van der Waals surface area contributed by atoms with E-state index in [2.05, 4.69) is 38.0 Å². The molecule has 1 heterocycles. The number of aromatic nitrogens is 2. The maximum absolute atomic E-state index is 12.5. The molecule has 0 saturated heterocycles. The molecule has 0 aliphatic heterocycles. The summed E-state index contributed by atoms with van der Waals surface area (Å²) >= 11 is 3.48. The van der Waals surface area contributed by atoms with E-state index in [1.807, 2.05) is 36.4 Å². The highest BCUT2D eigenvalue weighted by atomic mass is 79.9. The molecule has 0 bridgehead atoms. The van der Waals surface area contributed by atoms with Crippen LogP contribution in [0.25, 0.3) is 0 Å². The minimum atomic E-state index is -0.122. The second-order valence-electron chi connectivity index (χ2n) is 4.93. The Morgan fingerprint density at radius 3 is 2.55 bits per heavy atom. The first-order valence-electron chi connectivity index (χ1n) is 6.86. The minimum absolute atomic E-state index is 0.122. The van der Waals surface area contributed by atoms with Crippen molar-refractivity contribution in [1.82, 2.24) is 9.97 Å². The molecule has 0 unspecified atom stereocenters. The lowest BCUT2D eigenvalue weighted by Gasteiger charge is -2.06. The molecule has 22 heavy (non-hydrogen) atoms. The van der Waals surface area contributed by atoms with Gasteiger partial charge in [0, 0.05) is 22.4 Å². The second kappa shape index (κ2) is 6.62. The molecule has 3 aromatic rings. The third kappa shape index (κ3) is 3.46. The normalized spacial score (nSPS) is 10.4. The van der Waals surface area contributed by atoms with Crippen molar-refractivity contribution < 1.29 is 4.79 Å². The van der Waals surface area contributed by atoms with Crippen LogP contribution in [0, 0.1) is 0 Å². The van der Waals surface area contributed by atoms with E-state index >= 15 is 0 Å². The summed E-state index contributed by atoms with van der Waals surface area (Å²) in [6, 6.07) is 15.9. The molecule has 3 rings (SSSR count). The number of hydrogen-bond acceptors (Lipinski definition) is 3. The quantitative estimate of drug-likeness (QED) is 0.665. The molecule has 0 fully saturated rings. The van der Waals surface area contributed by atoms with Gasteiger partial charge in [-0.25, -0.2) is 4.98 Å². The molecule has 0 aliphatic rings. The molecule has 0 amide bonds. The Bertz CT molecular complexity index is 789. The highest BCUT2D eigenvalue weighted by Crippen LogP contribution is 2.20. The average Bonchev–Trinajstić information content (AvgIpc) is 2.55. The van der Waals surface area contributed by atoms with Crippen molar-refractivity contribution in [2.75, 3.05) is 0 Å². The van der Waals surface area contributed by atoms with Gasteiger partial charge in [0.2, 0.25) is 5.78 Å². The van der Waals surface area contributed by atoms with Gasteiger partial charge in [-0.1, -0.05) is 46.3 Å². The van der Waals surface area contributed by atoms with Crippen LogP contribution < -0.4 is 0 Å². The summed E-state index contributed by atoms with van der Waals surface area (Å²) in [4.78, 5) is 20.5.